The fraction of sp³-hybridized carbons (Fsp3) is 0.500. The van der Waals surface area contributed by atoms with Gasteiger partial charge in [0.05, 0.1) is 11.8 Å². The van der Waals surface area contributed by atoms with E-state index in [2.05, 4.69) is 5.32 Å². The van der Waals surface area contributed by atoms with Crippen LogP contribution in [0.1, 0.15) is 31.4 Å². The number of likely N-dealkylation sites (N-methyl/N-ethyl adjacent to an activating group) is 1. The Morgan fingerprint density at radius 2 is 2.32 bits per heavy atom. The van der Waals surface area contributed by atoms with Crippen molar-refractivity contribution >= 4 is 11.6 Å². The Kier molecular flexibility index (Phi) is 4.04. The van der Waals surface area contributed by atoms with Crippen LogP contribution in [0.2, 0.25) is 0 Å². The lowest BCUT2D eigenvalue weighted by Crippen LogP contribution is -2.42. The molecular weight excluding hydrogens is 247 g/mol. The first-order valence-corrected chi connectivity index (χ1v) is 6.51. The molecule has 1 unspecified atom stereocenters. The second-order valence-corrected chi connectivity index (χ2v) is 4.82. The molecule has 0 aliphatic carbocycles. The van der Waals surface area contributed by atoms with Crippen molar-refractivity contribution in [2.75, 3.05) is 18.5 Å². The number of para-hydroxylation sites is 1. The molecule has 2 N–H and O–H groups in total. The predicted octanol–water partition coefficient (Wildman–Crippen LogP) is 1.59. The van der Waals surface area contributed by atoms with Crippen LogP contribution in [-0.2, 0) is 4.79 Å². The fourth-order valence-corrected chi connectivity index (χ4v) is 2.65. The normalized spacial score (nSPS) is 20.4. The lowest BCUT2D eigenvalue weighted by molar-refractivity contribution is -0.121. The average molecular weight is 266 g/mol. The Hall–Kier alpha value is -1.62. The highest BCUT2D eigenvalue weighted by Crippen LogP contribution is 2.34. The van der Waals surface area contributed by atoms with Gasteiger partial charge in [-0.1, -0.05) is 12.1 Å². The second kappa shape index (κ2) is 5.57. The molecule has 0 spiro atoms. The predicted molar refractivity (Wildman–Crippen MR) is 71.5 cm³/mol. The first-order valence-electron chi connectivity index (χ1n) is 6.51. The number of nitrogens with zero attached hydrogens (tertiary/aromatic N) is 1. The van der Waals surface area contributed by atoms with E-state index < -0.39 is 11.9 Å². The molecule has 2 atom stereocenters. The van der Waals surface area contributed by atoms with Gasteiger partial charge in [0.1, 0.15) is 11.9 Å². The molecule has 0 saturated carbocycles. The Morgan fingerprint density at radius 1 is 1.58 bits per heavy atom. The standard InChI is InChI=1S/C14H19FN2O2/c1-9(18)10-5-3-6-11(15)13(10)17-8-4-7-12(17)14(19)16-2/h3,5-6,9,12,18H,4,7-8H2,1-2H3,(H,16,19)/t9-,12?/m1/s1. The molecule has 4 nitrogen and oxygen atoms in total. The van der Waals surface area contributed by atoms with Crippen molar-refractivity contribution in [3.63, 3.8) is 0 Å². The average Bonchev–Trinajstić information content (AvgIpc) is 2.86. The van der Waals surface area contributed by atoms with Crippen molar-refractivity contribution in [1.82, 2.24) is 5.32 Å². The maximum atomic E-state index is 14.1. The van der Waals surface area contributed by atoms with Crippen LogP contribution in [-0.4, -0.2) is 30.6 Å². The van der Waals surface area contributed by atoms with Crippen molar-refractivity contribution in [2.24, 2.45) is 0 Å². The molecule has 1 aromatic rings. The summed E-state index contributed by atoms with van der Waals surface area (Å²) in [5.41, 5.74) is 0.874. The Labute approximate surface area is 112 Å². The zero-order valence-corrected chi connectivity index (χ0v) is 11.2. The molecule has 2 rings (SSSR count). The fourth-order valence-electron chi connectivity index (χ4n) is 2.65. The number of anilines is 1. The van der Waals surface area contributed by atoms with E-state index in [0.29, 0.717) is 24.2 Å². The van der Waals surface area contributed by atoms with Crippen molar-refractivity contribution in [1.29, 1.82) is 0 Å². The highest BCUT2D eigenvalue weighted by Gasteiger charge is 2.33. The number of hydrogen-bond donors (Lipinski definition) is 2. The summed E-state index contributed by atoms with van der Waals surface area (Å²) in [4.78, 5) is 13.6. The van der Waals surface area contributed by atoms with Crippen LogP contribution in [0.4, 0.5) is 10.1 Å². The quantitative estimate of drug-likeness (QED) is 0.873. The van der Waals surface area contributed by atoms with E-state index >= 15 is 0 Å². The molecule has 1 aliphatic rings. The number of halogens is 1. The van der Waals surface area contributed by atoms with Crippen LogP contribution in [0.15, 0.2) is 18.2 Å². The first kappa shape index (κ1) is 13.8. The number of hydrogen-bond acceptors (Lipinski definition) is 3. The summed E-state index contributed by atoms with van der Waals surface area (Å²) in [5.74, 6) is -0.508. The minimum atomic E-state index is -0.767. The zero-order valence-electron chi connectivity index (χ0n) is 11.2. The van der Waals surface area contributed by atoms with Crippen LogP contribution < -0.4 is 10.2 Å². The highest BCUT2D eigenvalue weighted by molar-refractivity contribution is 5.86. The molecule has 1 saturated heterocycles. The summed E-state index contributed by atoms with van der Waals surface area (Å²) < 4.78 is 14.1. The molecule has 5 heteroatoms. The van der Waals surface area contributed by atoms with Crippen LogP contribution >= 0.6 is 0 Å². The molecule has 1 amide bonds. The number of rotatable bonds is 3. The van der Waals surface area contributed by atoms with Gasteiger partial charge in [0.15, 0.2) is 0 Å². The lowest BCUT2D eigenvalue weighted by Gasteiger charge is -2.28. The number of aliphatic hydroxyl groups is 1. The SMILES string of the molecule is CNC(=O)C1CCCN1c1c(F)cccc1[C@@H](C)O. The van der Waals surface area contributed by atoms with Gasteiger partial charge in [0, 0.05) is 19.2 Å². The van der Waals surface area contributed by atoms with Gasteiger partial charge in [-0.2, -0.15) is 0 Å². The second-order valence-electron chi connectivity index (χ2n) is 4.82. The molecule has 1 aliphatic heterocycles. The van der Waals surface area contributed by atoms with E-state index in [0.717, 1.165) is 6.42 Å². The van der Waals surface area contributed by atoms with E-state index in [4.69, 9.17) is 0 Å². The molecule has 1 fully saturated rings. The van der Waals surface area contributed by atoms with E-state index in [1.54, 1.807) is 31.0 Å². The number of aliphatic hydroxyl groups excluding tert-OH is 1. The van der Waals surface area contributed by atoms with Crippen molar-refractivity contribution in [3.05, 3.63) is 29.6 Å². The maximum absolute atomic E-state index is 14.1. The number of amides is 1. The molecule has 19 heavy (non-hydrogen) atoms. The molecule has 1 heterocycles. The Balaban J connectivity index is 2.43. The first-order chi connectivity index (χ1) is 9.06. The summed E-state index contributed by atoms with van der Waals surface area (Å²) in [6.45, 7) is 2.22. The Bertz CT molecular complexity index is 477. The number of carbonyl (C=O) groups excluding carboxylic acids is 1. The number of nitrogens with one attached hydrogen (secondary N) is 1. The summed E-state index contributed by atoms with van der Waals surface area (Å²) in [7, 11) is 1.58. The number of benzene rings is 1. The molecule has 0 aromatic heterocycles. The summed E-state index contributed by atoms with van der Waals surface area (Å²) in [6.07, 6.45) is 0.774. The zero-order chi connectivity index (χ0) is 14.0. The van der Waals surface area contributed by atoms with Gasteiger partial charge in [0.25, 0.3) is 0 Å². The maximum Gasteiger partial charge on any atom is 0.242 e. The monoisotopic (exact) mass is 266 g/mol. The van der Waals surface area contributed by atoms with E-state index in [-0.39, 0.29) is 11.9 Å². The van der Waals surface area contributed by atoms with Crippen molar-refractivity contribution in [2.45, 2.75) is 31.9 Å². The third-order valence-corrected chi connectivity index (χ3v) is 3.56. The van der Waals surface area contributed by atoms with Crippen molar-refractivity contribution < 1.29 is 14.3 Å². The summed E-state index contributed by atoms with van der Waals surface area (Å²) in [5, 5.41) is 12.4. The summed E-state index contributed by atoms with van der Waals surface area (Å²) >= 11 is 0. The molecule has 0 bridgehead atoms. The van der Waals surface area contributed by atoms with E-state index in [9.17, 15) is 14.3 Å². The molecule has 1 aromatic carbocycles. The van der Waals surface area contributed by atoms with Gasteiger partial charge in [-0.25, -0.2) is 4.39 Å². The van der Waals surface area contributed by atoms with Crippen LogP contribution in [0, 0.1) is 5.82 Å². The van der Waals surface area contributed by atoms with Gasteiger partial charge < -0.3 is 15.3 Å². The lowest BCUT2D eigenvalue weighted by atomic mass is 10.1. The minimum absolute atomic E-state index is 0.114. The number of carbonyl (C=O) groups is 1. The molecule has 0 radical (unpaired) electrons. The highest BCUT2D eigenvalue weighted by atomic mass is 19.1. The van der Waals surface area contributed by atoms with Crippen LogP contribution in [0.3, 0.4) is 0 Å². The third kappa shape index (κ3) is 2.56. The van der Waals surface area contributed by atoms with Crippen molar-refractivity contribution in [3.8, 4) is 0 Å². The van der Waals surface area contributed by atoms with Gasteiger partial charge in [-0.3, -0.25) is 4.79 Å². The molecule has 104 valence electrons. The van der Waals surface area contributed by atoms with E-state index in [1.165, 1.54) is 6.07 Å². The summed E-state index contributed by atoms with van der Waals surface area (Å²) in [6, 6.07) is 4.27. The smallest absolute Gasteiger partial charge is 0.242 e. The van der Waals surface area contributed by atoms with E-state index in [1.807, 2.05) is 0 Å². The third-order valence-electron chi connectivity index (χ3n) is 3.56. The van der Waals surface area contributed by atoms with Gasteiger partial charge in [-0.15, -0.1) is 0 Å². The van der Waals surface area contributed by atoms with Gasteiger partial charge in [-0.05, 0) is 25.8 Å². The Morgan fingerprint density at radius 3 is 2.95 bits per heavy atom. The van der Waals surface area contributed by atoms with Gasteiger partial charge in [0.2, 0.25) is 5.91 Å². The van der Waals surface area contributed by atoms with Crippen LogP contribution in [0.5, 0.6) is 0 Å². The topological polar surface area (TPSA) is 52.6 Å². The van der Waals surface area contributed by atoms with Crippen LogP contribution in [0.25, 0.3) is 0 Å². The molecular formula is C14H19FN2O2. The minimum Gasteiger partial charge on any atom is -0.389 e. The largest absolute Gasteiger partial charge is 0.389 e. The van der Waals surface area contributed by atoms with Gasteiger partial charge >= 0.3 is 0 Å².